The van der Waals surface area contributed by atoms with Crippen molar-refractivity contribution in [3.63, 3.8) is 0 Å². The Labute approximate surface area is 340 Å². The maximum Gasteiger partial charge on any atom is 0.0601 e. The summed E-state index contributed by atoms with van der Waals surface area (Å²) in [5.74, 6) is 0. The number of aromatic nitrogens is 1. The highest BCUT2D eigenvalue weighted by atomic mass is 32.1. The Morgan fingerprint density at radius 1 is 0.679 bits per heavy atom. The van der Waals surface area contributed by atoms with E-state index in [4.69, 9.17) is 0 Å². The largest absolute Gasteiger partial charge is 0.354 e. The summed E-state index contributed by atoms with van der Waals surface area (Å²) in [6.07, 6.45) is 19.1. The van der Waals surface area contributed by atoms with E-state index in [1.165, 1.54) is 81.0 Å². The molecule has 8 aromatic rings. The molecule has 0 bridgehead atoms. The number of thiophene rings is 1. The van der Waals surface area contributed by atoms with Crippen molar-refractivity contribution in [3.8, 4) is 0 Å². The number of para-hydroxylation sites is 1. The summed E-state index contributed by atoms with van der Waals surface area (Å²) in [7, 11) is 2.12. The van der Waals surface area contributed by atoms with E-state index in [1.807, 2.05) is 50.3 Å². The van der Waals surface area contributed by atoms with E-state index < -0.39 is 0 Å². The molecule has 2 aromatic heterocycles. The van der Waals surface area contributed by atoms with Gasteiger partial charge in [0.1, 0.15) is 0 Å². The highest BCUT2D eigenvalue weighted by Gasteiger charge is 2.23. The third kappa shape index (κ3) is 7.84. The molecule has 5 heteroatoms. The lowest BCUT2D eigenvalue weighted by atomic mass is 10.0. The Balaban J connectivity index is 0.000000172. The van der Waals surface area contributed by atoms with Crippen molar-refractivity contribution in [3.05, 3.63) is 181 Å². The van der Waals surface area contributed by atoms with Crippen LogP contribution in [-0.2, 0) is 0 Å². The van der Waals surface area contributed by atoms with Crippen LogP contribution in [-0.4, -0.2) is 22.8 Å². The second-order valence-electron chi connectivity index (χ2n) is 13.4. The summed E-state index contributed by atoms with van der Waals surface area (Å²) < 4.78 is 5.14. The Morgan fingerprint density at radius 3 is 2.14 bits per heavy atom. The average molecular weight is 768 g/mol. The van der Waals surface area contributed by atoms with Gasteiger partial charge in [-0.05, 0) is 96.5 Å². The van der Waals surface area contributed by atoms with Gasteiger partial charge in [-0.2, -0.15) is 12.6 Å². The molecule has 0 saturated carbocycles. The monoisotopic (exact) mass is 767 g/mol. The van der Waals surface area contributed by atoms with Gasteiger partial charge >= 0.3 is 0 Å². The highest BCUT2D eigenvalue weighted by molar-refractivity contribution is 7.79. The quantitative estimate of drug-likeness (QED) is 0.130. The van der Waals surface area contributed by atoms with Crippen LogP contribution in [0.1, 0.15) is 39.2 Å². The van der Waals surface area contributed by atoms with Gasteiger partial charge in [0.05, 0.1) is 27.1 Å². The van der Waals surface area contributed by atoms with E-state index in [-0.39, 0.29) is 0 Å². The smallest absolute Gasteiger partial charge is 0.0601 e. The van der Waals surface area contributed by atoms with Gasteiger partial charge in [0.2, 0.25) is 0 Å². The molecule has 0 saturated heterocycles. The number of rotatable bonds is 6. The predicted octanol–water partition coefficient (Wildman–Crippen LogP) is 15.3. The fourth-order valence-electron chi connectivity index (χ4n) is 7.51. The first-order valence-corrected chi connectivity index (χ1v) is 21.1. The standard InChI is InChI=1S/C30H26N2.C18H13NS.C2H6.CH4S/c1-3-4-5-8-21-11-17-27-26(19-21)30-25-10-7-6-9-22(25)14-18-28(30)32(27)24-15-12-23(13-16-24)29-20-31(29)2;1-2-7-13(8-3-1)19-16-11-6-10-15-14-9-4-5-12-17(14)20-18(15)16;2*1-2/h3-12,14-15,17-20H,13,16H2,1-2H3;1-12,19H;1-2H3;2H,1H3/b4-3-,8-5-;;;. The molecule has 0 unspecified atom stereocenters. The van der Waals surface area contributed by atoms with E-state index >= 15 is 0 Å². The Morgan fingerprint density at radius 2 is 1.39 bits per heavy atom. The fourth-order valence-corrected chi connectivity index (χ4v) is 8.68. The van der Waals surface area contributed by atoms with Crippen LogP contribution >= 0.6 is 24.0 Å². The van der Waals surface area contributed by atoms with Crippen LogP contribution in [0.3, 0.4) is 0 Å². The van der Waals surface area contributed by atoms with E-state index in [1.54, 1.807) is 6.26 Å². The predicted molar refractivity (Wildman–Crippen MR) is 254 cm³/mol. The van der Waals surface area contributed by atoms with Gasteiger partial charge in [0.25, 0.3) is 0 Å². The van der Waals surface area contributed by atoms with E-state index in [9.17, 15) is 0 Å². The Kier molecular flexibility index (Phi) is 12.2. The molecule has 1 aliphatic heterocycles. The number of fused-ring (bicyclic) bond motifs is 8. The van der Waals surface area contributed by atoms with E-state index in [0.29, 0.717) is 0 Å². The normalized spacial score (nSPS) is 13.5. The van der Waals surface area contributed by atoms with Crippen LogP contribution in [0, 0.1) is 0 Å². The zero-order valence-corrected chi connectivity index (χ0v) is 34.5. The molecule has 6 aromatic carbocycles. The SMILES string of the molecule is C/C=C\C=C/c1ccc2c(c1)c1c3ccccc3ccc1n2C1=CC=C(C2=CN2C)CC1.CC.CS.c1ccc(Nc2cccc3c2sc2ccccc23)cc1. The van der Waals surface area contributed by atoms with Crippen LogP contribution in [0.5, 0.6) is 0 Å². The molecule has 2 aliphatic rings. The zero-order valence-electron chi connectivity index (χ0n) is 32.8. The van der Waals surface area contributed by atoms with Crippen LogP contribution < -0.4 is 5.32 Å². The maximum absolute atomic E-state index is 3.53. The third-order valence-electron chi connectivity index (χ3n) is 10.1. The number of nitrogens with zero attached hydrogens (tertiary/aromatic N) is 2. The molecule has 3 nitrogen and oxygen atoms in total. The summed E-state index contributed by atoms with van der Waals surface area (Å²) in [6, 6.07) is 45.5. The molecular weight excluding hydrogens is 719 g/mol. The van der Waals surface area contributed by atoms with Crippen molar-refractivity contribution in [2.24, 2.45) is 0 Å². The summed E-state index contributed by atoms with van der Waals surface area (Å²) >= 11 is 5.37. The summed E-state index contributed by atoms with van der Waals surface area (Å²) in [5.41, 5.74) is 10.3. The van der Waals surface area contributed by atoms with Gasteiger partial charge in [0.15, 0.2) is 0 Å². The molecule has 3 heterocycles. The highest BCUT2D eigenvalue weighted by Crippen LogP contribution is 2.41. The third-order valence-corrected chi connectivity index (χ3v) is 11.3. The number of hydrogen-bond donors (Lipinski definition) is 2. The van der Waals surface area contributed by atoms with Crippen molar-refractivity contribution in [1.82, 2.24) is 9.47 Å². The molecular formula is C51H49N3S2. The van der Waals surface area contributed by atoms with Gasteiger partial charge in [-0.25, -0.2) is 0 Å². The van der Waals surface area contributed by atoms with Crippen LogP contribution in [0.15, 0.2) is 175 Å². The number of allylic oxidation sites excluding steroid dienone is 7. The lowest BCUT2D eigenvalue weighted by molar-refractivity contribution is 0.713. The average Bonchev–Trinajstić information content (AvgIpc) is 3.73. The number of thiol groups is 1. The van der Waals surface area contributed by atoms with Gasteiger partial charge in [-0.1, -0.05) is 129 Å². The number of likely N-dealkylation sites (N-methyl/N-ethyl adjacent to an activating group) is 1. The first-order chi connectivity index (χ1) is 27.7. The minimum absolute atomic E-state index is 1.05. The van der Waals surface area contributed by atoms with Crippen LogP contribution in [0.4, 0.5) is 11.4 Å². The molecule has 1 N–H and O–H groups in total. The lowest BCUT2D eigenvalue weighted by Gasteiger charge is -2.17. The fraction of sp³-hybridized carbons (Fsp3) is 0.137. The second-order valence-corrected chi connectivity index (χ2v) is 14.5. The number of benzene rings is 6. The van der Waals surface area contributed by atoms with E-state index in [2.05, 4.69) is 186 Å². The Bertz CT molecular complexity index is 2790. The van der Waals surface area contributed by atoms with Gasteiger partial charge in [-0.15, -0.1) is 11.3 Å². The molecule has 0 radical (unpaired) electrons. The minimum Gasteiger partial charge on any atom is -0.354 e. The molecule has 280 valence electrons. The van der Waals surface area contributed by atoms with Crippen molar-refractivity contribution < 1.29 is 0 Å². The number of anilines is 2. The summed E-state index contributed by atoms with van der Waals surface area (Å²) in [6.45, 7) is 6.04. The minimum atomic E-state index is 1.05. The number of nitrogens with one attached hydrogen (secondary N) is 1. The Hall–Kier alpha value is -5.75. The van der Waals surface area contributed by atoms with Crippen molar-refractivity contribution >= 4 is 99.9 Å². The van der Waals surface area contributed by atoms with Crippen LogP contribution in [0.2, 0.25) is 0 Å². The number of hydrogen-bond acceptors (Lipinski definition) is 4. The molecule has 10 rings (SSSR count). The molecule has 0 spiro atoms. The first kappa shape index (κ1) is 38.5. The van der Waals surface area contributed by atoms with E-state index in [0.717, 1.165) is 18.5 Å². The zero-order chi connectivity index (χ0) is 39.0. The lowest BCUT2D eigenvalue weighted by Crippen LogP contribution is -2.02. The van der Waals surface area contributed by atoms with Crippen LogP contribution in [0.25, 0.3) is 64.5 Å². The summed E-state index contributed by atoms with van der Waals surface area (Å²) in [4.78, 5) is 2.21. The van der Waals surface area contributed by atoms with Gasteiger partial charge < -0.3 is 14.8 Å². The van der Waals surface area contributed by atoms with Gasteiger partial charge in [-0.3, -0.25) is 0 Å². The van der Waals surface area contributed by atoms with Crippen molar-refractivity contribution in [2.75, 3.05) is 18.6 Å². The second kappa shape index (κ2) is 17.8. The van der Waals surface area contributed by atoms with Crippen molar-refractivity contribution in [2.45, 2.75) is 33.6 Å². The first-order valence-electron chi connectivity index (χ1n) is 19.4. The molecule has 56 heavy (non-hydrogen) atoms. The topological polar surface area (TPSA) is 20.0 Å². The van der Waals surface area contributed by atoms with Crippen molar-refractivity contribution in [1.29, 1.82) is 0 Å². The molecule has 0 atom stereocenters. The molecule has 0 amide bonds. The van der Waals surface area contributed by atoms with Gasteiger partial charge in [0, 0.05) is 50.9 Å². The summed E-state index contributed by atoms with van der Waals surface area (Å²) in [5, 5.41) is 11.5. The molecule has 1 aliphatic carbocycles. The maximum atomic E-state index is 3.53. The molecule has 0 fully saturated rings.